The topological polar surface area (TPSA) is 67.8 Å². The van der Waals surface area contributed by atoms with Crippen LogP contribution in [-0.4, -0.2) is 66.8 Å². The molecule has 7 nitrogen and oxygen atoms in total. The number of carbonyl (C=O) groups excluding carboxylic acids is 1. The lowest BCUT2D eigenvalue weighted by molar-refractivity contribution is -0.132. The highest BCUT2D eigenvalue weighted by molar-refractivity contribution is 6.30. The molecule has 3 atom stereocenters. The third kappa shape index (κ3) is 6.52. The van der Waals surface area contributed by atoms with Gasteiger partial charge in [-0.05, 0) is 67.9 Å². The molecular formula is C28H36ClFN4O3. The minimum atomic E-state index is -0.380. The molecule has 2 aromatic rings. The number of nitrogens with zero attached hydrogens (tertiary/aromatic N) is 4. The molecule has 1 aromatic heterocycles. The van der Waals surface area contributed by atoms with Crippen LogP contribution < -0.4 is 9.64 Å². The van der Waals surface area contributed by atoms with Crippen LogP contribution in [0.15, 0.2) is 30.6 Å². The van der Waals surface area contributed by atoms with E-state index < -0.39 is 0 Å². The van der Waals surface area contributed by atoms with Crippen LogP contribution >= 0.6 is 11.6 Å². The van der Waals surface area contributed by atoms with Crippen LogP contribution in [0.25, 0.3) is 0 Å². The lowest BCUT2D eigenvalue weighted by Gasteiger charge is -2.32. The number of anilines is 1. The Kier molecular flexibility index (Phi) is 8.45. The molecule has 2 unspecified atom stereocenters. The van der Waals surface area contributed by atoms with Gasteiger partial charge in [-0.2, -0.15) is 0 Å². The Bertz CT molecular complexity index is 1060. The van der Waals surface area contributed by atoms with Gasteiger partial charge in [0.1, 0.15) is 11.6 Å². The molecule has 0 spiro atoms. The zero-order valence-corrected chi connectivity index (χ0v) is 22.2. The number of halogens is 2. The van der Waals surface area contributed by atoms with Crippen molar-refractivity contribution in [3.63, 3.8) is 0 Å². The monoisotopic (exact) mass is 530 g/mol. The predicted molar refractivity (Wildman–Crippen MR) is 140 cm³/mol. The maximum Gasteiger partial charge on any atom is 0.227 e. The Hall–Kier alpha value is -2.45. The number of methoxy groups -OCH3 is 1. The standard InChI is InChI=1S/C28H36ClFN4O3/c1-36-18-23-3-2-9-34(23)27(35)14-21-4-5-24(15-26(21)30)37-12-8-20-13-25(20)19-6-10-33(11-7-19)28-31-16-22(29)17-32-28/h4-5,15-17,19-20,23,25H,2-3,6-14,18H2,1H3/t20?,23-,25?/m0/s1. The fourth-order valence-electron chi connectivity index (χ4n) is 6.06. The highest BCUT2D eigenvalue weighted by Gasteiger charge is 2.43. The summed E-state index contributed by atoms with van der Waals surface area (Å²) in [5, 5.41) is 0.560. The first-order valence-corrected chi connectivity index (χ1v) is 13.8. The van der Waals surface area contributed by atoms with E-state index in [4.69, 9.17) is 21.1 Å². The number of hydrogen-bond acceptors (Lipinski definition) is 6. The summed E-state index contributed by atoms with van der Waals surface area (Å²) in [5.41, 5.74) is 0.415. The highest BCUT2D eigenvalue weighted by atomic mass is 35.5. The van der Waals surface area contributed by atoms with Crippen molar-refractivity contribution in [1.29, 1.82) is 0 Å². The number of hydrogen-bond donors (Lipinski definition) is 0. The van der Waals surface area contributed by atoms with E-state index in [1.165, 1.54) is 12.5 Å². The quantitative estimate of drug-likeness (QED) is 0.441. The molecule has 5 rings (SSSR count). The summed E-state index contributed by atoms with van der Waals surface area (Å²) >= 11 is 5.90. The minimum absolute atomic E-state index is 0.0431. The highest BCUT2D eigenvalue weighted by Crippen LogP contribution is 2.49. The molecular weight excluding hydrogens is 495 g/mol. The second kappa shape index (κ2) is 11.9. The fraction of sp³-hybridized carbons (Fsp3) is 0.607. The van der Waals surface area contributed by atoms with Crippen LogP contribution in [0.5, 0.6) is 5.75 Å². The number of carbonyl (C=O) groups is 1. The third-order valence-electron chi connectivity index (χ3n) is 8.19. The van der Waals surface area contributed by atoms with Gasteiger partial charge in [-0.3, -0.25) is 4.79 Å². The molecule has 3 heterocycles. The fourth-order valence-corrected chi connectivity index (χ4v) is 6.16. The Morgan fingerprint density at radius 2 is 1.95 bits per heavy atom. The van der Waals surface area contributed by atoms with E-state index in [0.29, 0.717) is 42.0 Å². The number of piperidine rings is 1. The van der Waals surface area contributed by atoms with Crippen molar-refractivity contribution in [3.8, 4) is 5.75 Å². The van der Waals surface area contributed by atoms with Crippen molar-refractivity contribution in [2.24, 2.45) is 17.8 Å². The second-order valence-electron chi connectivity index (χ2n) is 10.6. The summed E-state index contributed by atoms with van der Waals surface area (Å²) in [4.78, 5) is 25.5. The maximum atomic E-state index is 14.7. The summed E-state index contributed by atoms with van der Waals surface area (Å²) in [6.45, 7) is 3.78. The van der Waals surface area contributed by atoms with Gasteiger partial charge in [0.05, 0.1) is 43.1 Å². The largest absolute Gasteiger partial charge is 0.493 e. The zero-order chi connectivity index (χ0) is 25.8. The molecule has 9 heteroatoms. The number of amides is 1. The van der Waals surface area contributed by atoms with E-state index in [1.807, 2.05) is 4.90 Å². The molecule has 1 saturated carbocycles. The normalized spacial score (nSPS) is 23.9. The van der Waals surface area contributed by atoms with Gasteiger partial charge in [0.2, 0.25) is 11.9 Å². The van der Waals surface area contributed by atoms with Crippen molar-refractivity contribution >= 4 is 23.5 Å². The van der Waals surface area contributed by atoms with Crippen molar-refractivity contribution in [3.05, 3.63) is 47.0 Å². The van der Waals surface area contributed by atoms with Gasteiger partial charge in [-0.1, -0.05) is 17.7 Å². The first-order valence-electron chi connectivity index (χ1n) is 13.4. The Balaban J connectivity index is 1.02. The van der Waals surface area contributed by atoms with Gasteiger partial charge in [-0.15, -0.1) is 0 Å². The number of benzene rings is 1. The molecule has 1 amide bonds. The van der Waals surface area contributed by atoms with Crippen LogP contribution in [0.2, 0.25) is 5.02 Å². The molecule has 0 N–H and O–H groups in total. The molecule has 1 aromatic carbocycles. The average Bonchev–Trinajstić information content (AvgIpc) is 3.52. The molecule has 1 aliphatic carbocycles. The molecule has 200 valence electrons. The van der Waals surface area contributed by atoms with Crippen LogP contribution in [0.4, 0.5) is 10.3 Å². The summed E-state index contributed by atoms with van der Waals surface area (Å²) < 4.78 is 25.8. The van der Waals surface area contributed by atoms with Gasteiger partial charge in [0.25, 0.3) is 0 Å². The summed E-state index contributed by atoms with van der Waals surface area (Å²) in [6.07, 6.45) is 9.83. The maximum absolute atomic E-state index is 14.7. The SMILES string of the molecule is COC[C@@H]1CCCN1C(=O)Cc1ccc(OCCC2CC2C2CCN(c3ncc(Cl)cn3)CC2)cc1F. The number of likely N-dealkylation sites (tertiary alicyclic amines) is 1. The Labute approximate surface area is 223 Å². The van der Waals surface area contributed by atoms with Gasteiger partial charge >= 0.3 is 0 Å². The van der Waals surface area contributed by atoms with E-state index in [0.717, 1.165) is 63.0 Å². The second-order valence-corrected chi connectivity index (χ2v) is 11.0. The number of ether oxygens (including phenoxy) is 2. The summed E-state index contributed by atoms with van der Waals surface area (Å²) in [7, 11) is 1.64. The van der Waals surface area contributed by atoms with Gasteiger partial charge in [0.15, 0.2) is 0 Å². The van der Waals surface area contributed by atoms with Gasteiger partial charge in [0, 0.05) is 32.8 Å². The lowest BCUT2D eigenvalue weighted by atomic mass is 9.90. The number of rotatable bonds is 10. The van der Waals surface area contributed by atoms with Crippen LogP contribution in [-0.2, 0) is 16.0 Å². The molecule has 0 radical (unpaired) electrons. The van der Waals surface area contributed by atoms with Crippen LogP contribution in [0.3, 0.4) is 0 Å². The molecule has 0 bridgehead atoms. The third-order valence-corrected chi connectivity index (χ3v) is 8.39. The summed E-state index contributed by atoms with van der Waals surface area (Å²) in [6, 6.07) is 4.97. The van der Waals surface area contributed by atoms with E-state index in [9.17, 15) is 9.18 Å². The first-order chi connectivity index (χ1) is 18.0. The first kappa shape index (κ1) is 26.2. The van der Waals surface area contributed by atoms with Crippen molar-refractivity contribution in [1.82, 2.24) is 14.9 Å². The molecule has 2 saturated heterocycles. The van der Waals surface area contributed by atoms with Crippen LogP contribution in [0.1, 0.15) is 44.1 Å². The van der Waals surface area contributed by atoms with Gasteiger partial charge < -0.3 is 19.3 Å². The van der Waals surface area contributed by atoms with E-state index >= 15 is 0 Å². The lowest BCUT2D eigenvalue weighted by Crippen LogP contribution is -2.39. The summed E-state index contributed by atoms with van der Waals surface area (Å²) in [5.74, 6) is 3.05. The van der Waals surface area contributed by atoms with Crippen molar-refractivity contribution < 1.29 is 18.7 Å². The van der Waals surface area contributed by atoms with Crippen LogP contribution in [0, 0.1) is 23.6 Å². The van der Waals surface area contributed by atoms with Crippen molar-refractivity contribution in [2.45, 2.75) is 51.0 Å². The smallest absolute Gasteiger partial charge is 0.227 e. The Morgan fingerprint density at radius 3 is 2.68 bits per heavy atom. The van der Waals surface area contributed by atoms with Crippen molar-refractivity contribution in [2.75, 3.05) is 44.9 Å². The average molecular weight is 531 g/mol. The molecule has 37 heavy (non-hydrogen) atoms. The molecule has 3 fully saturated rings. The molecule has 3 aliphatic rings. The van der Waals surface area contributed by atoms with Gasteiger partial charge in [-0.25, -0.2) is 14.4 Å². The minimum Gasteiger partial charge on any atom is -0.493 e. The zero-order valence-electron chi connectivity index (χ0n) is 21.5. The number of aromatic nitrogens is 2. The van der Waals surface area contributed by atoms with E-state index in [2.05, 4.69) is 14.9 Å². The molecule has 2 aliphatic heterocycles. The van der Waals surface area contributed by atoms with E-state index in [-0.39, 0.29) is 24.2 Å². The van der Waals surface area contributed by atoms with E-state index in [1.54, 1.807) is 31.6 Å². The Morgan fingerprint density at radius 1 is 1.16 bits per heavy atom. The predicted octanol–water partition coefficient (Wildman–Crippen LogP) is 4.77.